The Bertz CT molecular complexity index is 2050. The molecule has 5 aromatic rings. The van der Waals surface area contributed by atoms with E-state index in [1.807, 2.05) is 0 Å². The van der Waals surface area contributed by atoms with Crippen LogP contribution in [0.15, 0.2) is 70.0 Å². The predicted octanol–water partition coefficient (Wildman–Crippen LogP) is 4.78. The van der Waals surface area contributed by atoms with Crippen LogP contribution in [0.4, 0.5) is 22.0 Å². The van der Waals surface area contributed by atoms with Crippen molar-refractivity contribution in [2.24, 2.45) is 5.73 Å². The molecule has 2 amide bonds. The summed E-state index contributed by atoms with van der Waals surface area (Å²) in [6.45, 7) is 1.48. The first-order valence-electron chi connectivity index (χ1n) is 13.5. The minimum absolute atomic E-state index is 0.00885. The maximum atomic E-state index is 13.8. The number of benzene rings is 2. The molecule has 230 valence electrons. The lowest BCUT2D eigenvalue weighted by atomic mass is 9.85. The summed E-state index contributed by atoms with van der Waals surface area (Å²) < 4.78 is 74.9. The second kappa shape index (κ2) is 10.6. The molecule has 0 bridgehead atoms. The van der Waals surface area contributed by atoms with Gasteiger partial charge in [-0.2, -0.15) is 13.2 Å². The molecular formula is C31H22F5N5O4. The molecule has 45 heavy (non-hydrogen) atoms. The van der Waals surface area contributed by atoms with E-state index in [-0.39, 0.29) is 46.4 Å². The first-order valence-corrected chi connectivity index (χ1v) is 13.5. The summed E-state index contributed by atoms with van der Waals surface area (Å²) in [5.74, 6) is -3.83. The van der Waals surface area contributed by atoms with E-state index in [2.05, 4.69) is 15.3 Å². The van der Waals surface area contributed by atoms with E-state index in [0.717, 1.165) is 6.20 Å². The van der Waals surface area contributed by atoms with Gasteiger partial charge in [0, 0.05) is 12.0 Å². The van der Waals surface area contributed by atoms with E-state index in [1.54, 1.807) is 6.92 Å². The molecule has 9 nitrogen and oxygen atoms in total. The lowest BCUT2D eigenvalue weighted by Gasteiger charge is -2.26. The molecule has 3 aromatic heterocycles. The summed E-state index contributed by atoms with van der Waals surface area (Å²) in [7, 11) is 0. The van der Waals surface area contributed by atoms with Crippen molar-refractivity contribution >= 4 is 22.9 Å². The Labute approximate surface area is 250 Å². The van der Waals surface area contributed by atoms with Crippen LogP contribution in [0.5, 0.6) is 0 Å². The van der Waals surface area contributed by atoms with Gasteiger partial charge in [0.1, 0.15) is 11.6 Å². The lowest BCUT2D eigenvalue weighted by molar-refractivity contribution is -0.127. The molecule has 0 radical (unpaired) electrons. The number of alkyl halides is 3. The molecule has 14 heteroatoms. The molecule has 0 unspecified atom stereocenters. The maximum absolute atomic E-state index is 13.8. The maximum Gasteiger partial charge on any atom is 0.420 e. The second-order valence-electron chi connectivity index (χ2n) is 10.9. The van der Waals surface area contributed by atoms with Gasteiger partial charge in [-0.1, -0.05) is 18.2 Å². The molecule has 1 aliphatic heterocycles. The van der Waals surface area contributed by atoms with Gasteiger partial charge in [-0.15, -0.1) is 0 Å². The molecule has 2 aromatic carbocycles. The highest BCUT2D eigenvalue weighted by molar-refractivity contribution is 6.12. The summed E-state index contributed by atoms with van der Waals surface area (Å²) in [6, 6.07) is 12.1. The molecule has 0 spiro atoms. The predicted molar refractivity (Wildman–Crippen MR) is 150 cm³/mol. The molecule has 0 saturated heterocycles. The van der Waals surface area contributed by atoms with Crippen LogP contribution in [0.2, 0.25) is 0 Å². The van der Waals surface area contributed by atoms with E-state index in [4.69, 9.17) is 10.2 Å². The fraction of sp³-hybridized carbons (Fsp3) is 0.194. The van der Waals surface area contributed by atoms with Crippen LogP contribution in [0.25, 0.3) is 22.2 Å². The third-order valence-corrected chi connectivity index (χ3v) is 7.56. The number of fused-ring (bicyclic) bond motifs is 2. The zero-order chi connectivity index (χ0) is 32.3. The number of pyridine rings is 2. The lowest BCUT2D eigenvalue weighted by Crippen LogP contribution is -2.39. The van der Waals surface area contributed by atoms with E-state index in [9.17, 15) is 36.3 Å². The molecule has 1 aliphatic rings. The average Bonchev–Trinajstić information content (AvgIpc) is 3.40. The smallest absolute Gasteiger partial charge is 0.408 e. The monoisotopic (exact) mass is 623 g/mol. The average molecular weight is 624 g/mol. The van der Waals surface area contributed by atoms with E-state index >= 15 is 0 Å². The van der Waals surface area contributed by atoms with Crippen LogP contribution in [0.1, 0.15) is 50.3 Å². The van der Waals surface area contributed by atoms with Gasteiger partial charge in [0.15, 0.2) is 5.58 Å². The number of carbonyl (C=O) groups is 2. The Balaban J connectivity index is 1.55. The van der Waals surface area contributed by atoms with Crippen molar-refractivity contribution in [3.05, 3.63) is 117 Å². The number of amides is 2. The third kappa shape index (κ3) is 5.54. The number of halogens is 5. The Morgan fingerprint density at radius 3 is 2.38 bits per heavy atom. The Hall–Kier alpha value is -5.40. The highest BCUT2D eigenvalue weighted by Gasteiger charge is 2.45. The summed E-state index contributed by atoms with van der Waals surface area (Å²) in [6.07, 6.45) is -5.39. The fourth-order valence-electron chi connectivity index (χ4n) is 5.67. The summed E-state index contributed by atoms with van der Waals surface area (Å²) in [5, 5.41) is 2.77. The van der Waals surface area contributed by atoms with Crippen molar-refractivity contribution in [1.82, 2.24) is 19.9 Å². The summed E-state index contributed by atoms with van der Waals surface area (Å²) in [4.78, 5) is 47.2. The third-order valence-electron chi connectivity index (χ3n) is 7.56. The first-order chi connectivity index (χ1) is 21.2. The number of nitrogens with one attached hydrogen (secondary N) is 1. The quantitative estimate of drug-likeness (QED) is 0.251. The summed E-state index contributed by atoms with van der Waals surface area (Å²) in [5.41, 5.74) is 3.79. The van der Waals surface area contributed by atoms with E-state index < -0.39 is 58.6 Å². The minimum atomic E-state index is -4.80. The van der Waals surface area contributed by atoms with Gasteiger partial charge in [-0.3, -0.25) is 24.1 Å². The van der Waals surface area contributed by atoms with Crippen molar-refractivity contribution in [2.45, 2.75) is 38.0 Å². The van der Waals surface area contributed by atoms with Crippen molar-refractivity contribution in [3.63, 3.8) is 0 Å². The van der Waals surface area contributed by atoms with Gasteiger partial charge in [-0.05, 0) is 54.4 Å². The van der Waals surface area contributed by atoms with E-state index in [1.165, 1.54) is 59.2 Å². The van der Waals surface area contributed by atoms with Crippen LogP contribution in [-0.4, -0.2) is 32.5 Å². The normalized spacial score (nSPS) is 16.2. The Kier molecular flexibility index (Phi) is 7.02. The highest BCUT2D eigenvalue weighted by Crippen LogP contribution is 2.42. The molecule has 0 fully saturated rings. The van der Waals surface area contributed by atoms with Crippen LogP contribution in [0.3, 0.4) is 0 Å². The number of oxazole rings is 1. The Morgan fingerprint density at radius 2 is 1.73 bits per heavy atom. The number of aromatic nitrogens is 3. The van der Waals surface area contributed by atoms with Gasteiger partial charge >= 0.3 is 11.9 Å². The Morgan fingerprint density at radius 1 is 1.02 bits per heavy atom. The number of nitrogens with zero attached hydrogens (tertiary/aromatic N) is 3. The largest absolute Gasteiger partial charge is 0.420 e. The molecule has 3 N–H and O–H groups in total. The van der Waals surface area contributed by atoms with Crippen molar-refractivity contribution in [3.8, 4) is 11.1 Å². The molecule has 0 aliphatic carbocycles. The van der Waals surface area contributed by atoms with Crippen molar-refractivity contribution < 1.29 is 36.0 Å². The second-order valence-corrected chi connectivity index (χ2v) is 10.9. The number of carbonyl (C=O) groups excluding carboxylic acids is 2. The molecule has 0 saturated carbocycles. The van der Waals surface area contributed by atoms with Gasteiger partial charge in [0.25, 0.3) is 11.8 Å². The van der Waals surface area contributed by atoms with Crippen molar-refractivity contribution in [1.29, 1.82) is 0 Å². The van der Waals surface area contributed by atoms with Gasteiger partial charge in [0.2, 0.25) is 0 Å². The highest BCUT2D eigenvalue weighted by atomic mass is 19.4. The zero-order valence-electron chi connectivity index (χ0n) is 23.3. The zero-order valence-corrected chi connectivity index (χ0v) is 23.3. The number of primary amides is 1. The fourth-order valence-corrected chi connectivity index (χ4v) is 5.67. The standard InChI is InChI=1S/C31H22F5N5O4/c1-30(11-15-2-5-17(32)6-3-15)26-25(28(43)40-30)23(24(27(37)42)20(39-26)12-31(34,35)36)16-4-9-21-22(10-16)45-29(44)41(21)14-19-8-7-18(33)13-38-19/h2-10,13H,11-12,14H2,1H3,(H2,37,42)(H,40,43)/t30-/m0/s1. The first kappa shape index (κ1) is 29.7. The van der Waals surface area contributed by atoms with Crippen LogP contribution in [0, 0.1) is 11.6 Å². The SMILES string of the molecule is C[C@@]1(Cc2ccc(F)cc2)NC(=O)c2c1nc(CC(F)(F)F)c(C(N)=O)c2-c1ccc2c(c1)oc(=O)n2Cc1ccc(F)cn1. The van der Waals surface area contributed by atoms with Gasteiger partial charge in [0.05, 0.1) is 58.4 Å². The molecule has 6 rings (SSSR count). The van der Waals surface area contributed by atoms with Crippen LogP contribution in [-0.2, 0) is 24.9 Å². The summed E-state index contributed by atoms with van der Waals surface area (Å²) >= 11 is 0. The molecular weight excluding hydrogens is 601 g/mol. The molecule has 1 atom stereocenters. The van der Waals surface area contributed by atoms with Gasteiger partial charge in [-0.25, -0.2) is 13.6 Å². The van der Waals surface area contributed by atoms with E-state index in [0.29, 0.717) is 11.3 Å². The number of rotatable bonds is 7. The number of nitrogens with two attached hydrogens (primary N) is 1. The van der Waals surface area contributed by atoms with Crippen LogP contribution >= 0.6 is 0 Å². The van der Waals surface area contributed by atoms with Crippen molar-refractivity contribution in [2.75, 3.05) is 0 Å². The van der Waals surface area contributed by atoms with Crippen LogP contribution < -0.4 is 16.8 Å². The van der Waals surface area contributed by atoms with Gasteiger partial charge < -0.3 is 15.5 Å². The number of hydrogen-bond donors (Lipinski definition) is 2. The number of hydrogen-bond acceptors (Lipinski definition) is 6. The minimum Gasteiger partial charge on any atom is -0.408 e. The molecule has 4 heterocycles. The topological polar surface area (TPSA) is 133 Å².